The van der Waals surface area contributed by atoms with Gasteiger partial charge in [0.25, 0.3) is 0 Å². The molecule has 0 aliphatic rings. The molecule has 0 saturated carbocycles. The molecule has 2 rings (SSSR count). The summed E-state index contributed by atoms with van der Waals surface area (Å²) in [6.45, 7) is 8.36. The summed E-state index contributed by atoms with van der Waals surface area (Å²) >= 11 is 3.56. The van der Waals surface area contributed by atoms with Crippen LogP contribution in [0.1, 0.15) is 31.9 Å². The van der Waals surface area contributed by atoms with E-state index < -0.39 is 6.09 Å². The largest absolute Gasteiger partial charge is 0.419 e. The van der Waals surface area contributed by atoms with Crippen molar-refractivity contribution in [2.75, 3.05) is 11.9 Å². The van der Waals surface area contributed by atoms with E-state index in [-0.39, 0.29) is 5.41 Å². The molecule has 0 spiro atoms. The van der Waals surface area contributed by atoms with Crippen molar-refractivity contribution >= 4 is 27.7 Å². The van der Waals surface area contributed by atoms with Gasteiger partial charge in [0.05, 0.1) is 0 Å². The maximum atomic E-state index is 12.4. The standard InChI is InChI=1S/C19H22BrNO2/c1-13-7-6-8-14(11-13)21(5)18(22)23-15-9-10-17(20)16(12-15)19(2,3)4/h6-12H,1-5H3. The van der Waals surface area contributed by atoms with Gasteiger partial charge in [0.15, 0.2) is 0 Å². The molecule has 0 aliphatic carbocycles. The molecule has 0 N–H and O–H groups in total. The van der Waals surface area contributed by atoms with Crippen LogP contribution in [0.5, 0.6) is 5.75 Å². The van der Waals surface area contributed by atoms with Gasteiger partial charge in [-0.3, -0.25) is 4.90 Å². The fraction of sp³-hybridized carbons (Fsp3) is 0.316. The molecule has 122 valence electrons. The Balaban J connectivity index is 2.20. The number of halogens is 1. The molecule has 0 aromatic heterocycles. The lowest BCUT2D eigenvalue weighted by Crippen LogP contribution is -2.29. The Morgan fingerprint density at radius 2 is 1.83 bits per heavy atom. The predicted octanol–water partition coefficient (Wildman–Crippen LogP) is 5.69. The highest BCUT2D eigenvalue weighted by Gasteiger charge is 2.19. The lowest BCUT2D eigenvalue weighted by atomic mass is 9.87. The Hall–Kier alpha value is -1.81. The number of anilines is 1. The molecule has 0 fully saturated rings. The second-order valence-electron chi connectivity index (χ2n) is 6.66. The highest BCUT2D eigenvalue weighted by atomic mass is 79.9. The number of carbonyl (C=O) groups is 1. The van der Waals surface area contributed by atoms with Crippen LogP contribution in [-0.4, -0.2) is 13.1 Å². The van der Waals surface area contributed by atoms with Crippen molar-refractivity contribution in [1.82, 2.24) is 0 Å². The summed E-state index contributed by atoms with van der Waals surface area (Å²) in [6, 6.07) is 13.4. The summed E-state index contributed by atoms with van der Waals surface area (Å²) < 4.78 is 6.54. The number of nitrogens with zero attached hydrogens (tertiary/aromatic N) is 1. The van der Waals surface area contributed by atoms with E-state index in [1.807, 2.05) is 43.3 Å². The second-order valence-corrected chi connectivity index (χ2v) is 7.51. The number of carbonyl (C=O) groups excluding carboxylic acids is 1. The molecular formula is C19H22BrNO2. The van der Waals surface area contributed by atoms with E-state index in [0.717, 1.165) is 21.3 Å². The van der Waals surface area contributed by atoms with Crippen LogP contribution < -0.4 is 9.64 Å². The molecule has 0 radical (unpaired) electrons. The zero-order chi connectivity index (χ0) is 17.2. The molecule has 0 atom stereocenters. The van der Waals surface area contributed by atoms with Crippen LogP contribution in [0.3, 0.4) is 0 Å². The number of aryl methyl sites for hydroxylation is 1. The van der Waals surface area contributed by atoms with E-state index in [2.05, 4.69) is 36.7 Å². The maximum Gasteiger partial charge on any atom is 0.419 e. The van der Waals surface area contributed by atoms with Crippen LogP contribution in [0.25, 0.3) is 0 Å². The first kappa shape index (κ1) is 17.5. The van der Waals surface area contributed by atoms with Crippen LogP contribution in [-0.2, 0) is 5.41 Å². The highest BCUT2D eigenvalue weighted by Crippen LogP contribution is 2.33. The van der Waals surface area contributed by atoms with E-state index in [0.29, 0.717) is 5.75 Å². The molecule has 23 heavy (non-hydrogen) atoms. The van der Waals surface area contributed by atoms with Gasteiger partial charge in [0.1, 0.15) is 5.75 Å². The SMILES string of the molecule is Cc1cccc(N(C)C(=O)Oc2ccc(Br)c(C(C)(C)C)c2)c1. The van der Waals surface area contributed by atoms with Crippen molar-refractivity contribution in [3.8, 4) is 5.75 Å². The Bertz CT molecular complexity index is 720. The summed E-state index contributed by atoms with van der Waals surface area (Å²) in [4.78, 5) is 13.9. The summed E-state index contributed by atoms with van der Waals surface area (Å²) in [5.74, 6) is 0.544. The molecule has 1 amide bonds. The number of rotatable bonds is 2. The van der Waals surface area contributed by atoms with Crippen LogP contribution in [0, 0.1) is 6.92 Å². The smallest absolute Gasteiger partial charge is 0.410 e. The van der Waals surface area contributed by atoms with Crippen molar-refractivity contribution in [2.45, 2.75) is 33.1 Å². The fourth-order valence-corrected chi connectivity index (χ4v) is 3.10. The molecule has 0 saturated heterocycles. The third-order valence-electron chi connectivity index (χ3n) is 3.61. The zero-order valence-electron chi connectivity index (χ0n) is 14.2. The first-order valence-electron chi connectivity index (χ1n) is 7.51. The van der Waals surface area contributed by atoms with E-state index in [4.69, 9.17) is 4.74 Å². The maximum absolute atomic E-state index is 12.4. The molecule has 2 aromatic carbocycles. The first-order valence-corrected chi connectivity index (χ1v) is 8.30. The minimum atomic E-state index is -0.405. The minimum Gasteiger partial charge on any atom is -0.410 e. The van der Waals surface area contributed by atoms with Crippen molar-refractivity contribution in [3.05, 3.63) is 58.1 Å². The Labute approximate surface area is 146 Å². The molecule has 2 aromatic rings. The van der Waals surface area contributed by atoms with Gasteiger partial charge in [-0.1, -0.05) is 48.8 Å². The summed E-state index contributed by atoms with van der Waals surface area (Å²) in [7, 11) is 1.71. The molecule has 3 nitrogen and oxygen atoms in total. The average molecular weight is 376 g/mol. The molecule has 0 unspecified atom stereocenters. The lowest BCUT2D eigenvalue weighted by molar-refractivity contribution is 0.209. The Kier molecular flexibility index (Phi) is 5.15. The van der Waals surface area contributed by atoms with E-state index in [1.54, 1.807) is 13.1 Å². The van der Waals surface area contributed by atoms with E-state index in [1.165, 1.54) is 4.90 Å². The number of hydrogen-bond acceptors (Lipinski definition) is 2. The summed E-state index contributed by atoms with van der Waals surface area (Å²) in [5, 5.41) is 0. The molecule has 0 aliphatic heterocycles. The Morgan fingerprint density at radius 3 is 2.43 bits per heavy atom. The summed E-state index contributed by atoms with van der Waals surface area (Å²) in [6.07, 6.45) is -0.405. The van der Waals surface area contributed by atoms with Crippen LogP contribution >= 0.6 is 15.9 Å². The normalized spacial score (nSPS) is 11.2. The average Bonchev–Trinajstić information content (AvgIpc) is 2.47. The molecule has 0 bridgehead atoms. The van der Waals surface area contributed by atoms with Crippen LogP contribution in [0.4, 0.5) is 10.5 Å². The number of amides is 1. The van der Waals surface area contributed by atoms with Crippen LogP contribution in [0.2, 0.25) is 0 Å². The van der Waals surface area contributed by atoms with Gasteiger partial charge in [0.2, 0.25) is 0 Å². The number of benzene rings is 2. The first-order chi connectivity index (χ1) is 10.7. The number of hydrogen-bond donors (Lipinski definition) is 0. The molecule has 4 heteroatoms. The Morgan fingerprint density at radius 1 is 1.13 bits per heavy atom. The quantitative estimate of drug-likeness (QED) is 0.674. The monoisotopic (exact) mass is 375 g/mol. The minimum absolute atomic E-state index is 0.0380. The third kappa shape index (κ3) is 4.35. The van der Waals surface area contributed by atoms with Gasteiger partial charge in [-0.25, -0.2) is 4.79 Å². The van der Waals surface area contributed by atoms with Crippen molar-refractivity contribution in [1.29, 1.82) is 0 Å². The van der Waals surface area contributed by atoms with E-state index >= 15 is 0 Å². The van der Waals surface area contributed by atoms with Gasteiger partial charge in [-0.05, 0) is 53.8 Å². The van der Waals surface area contributed by atoms with Gasteiger partial charge in [-0.15, -0.1) is 0 Å². The molecular weight excluding hydrogens is 354 g/mol. The predicted molar refractivity (Wildman–Crippen MR) is 98.4 cm³/mol. The third-order valence-corrected chi connectivity index (χ3v) is 4.31. The topological polar surface area (TPSA) is 29.5 Å². The van der Waals surface area contributed by atoms with Crippen molar-refractivity contribution in [2.24, 2.45) is 0 Å². The van der Waals surface area contributed by atoms with E-state index in [9.17, 15) is 4.79 Å². The zero-order valence-corrected chi connectivity index (χ0v) is 15.8. The van der Waals surface area contributed by atoms with Gasteiger partial charge < -0.3 is 4.74 Å². The van der Waals surface area contributed by atoms with Crippen LogP contribution in [0.15, 0.2) is 46.9 Å². The van der Waals surface area contributed by atoms with Crippen molar-refractivity contribution < 1.29 is 9.53 Å². The van der Waals surface area contributed by atoms with Gasteiger partial charge >= 0.3 is 6.09 Å². The highest BCUT2D eigenvalue weighted by molar-refractivity contribution is 9.10. The van der Waals surface area contributed by atoms with Crippen molar-refractivity contribution in [3.63, 3.8) is 0 Å². The van der Waals surface area contributed by atoms with Gasteiger partial charge in [-0.2, -0.15) is 0 Å². The molecule has 0 heterocycles. The number of ether oxygens (including phenoxy) is 1. The lowest BCUT2D eigenvalue weighted by Gasteiger charge is -2.22. The fourth-order valence-electron chi connectivity index (χ4n) is 2.25. The second kappa shape index (κ2) is 6.75. The van der Waals surface area contributed by atoms with Gasteiger partial charge in [0, 0.05) is 17.2 Å². The summed E-state index contributed by atoms with van der Waals surface area (Å²) in [5.41, 5.74) is 2.97.